The number of benzene rings is 1. The van der Waals surface area contributed by atoms with E-state index < -0.39 is 5.97 Å². The van der Waals surface area contributed by atoms with Gasteiger partial charge in [-0.2, -0.15) is 0 Å². The molecule has 0 fully saturated rings. The summed E-state index contributed by atoms with van der Waals surface area (Å²) in [6.45, 7) is 3.92. The SMILES string of the molecule is Cc1cccc2c1CC(C(C)C(=O)O)C2. The van der Waals surface area contributed by atoms with Gasteiger partial charge in [-0.15, -0.1) is 0 Å². The van der Waals surface area contributed by atoms with Crippen LogP contribution in [-0.2, 0) is 17.6 Å². The first-order chi connectivity index (χ1) is 7.09. The van der Waals surface area contributed by atoms with Gasteiger partial charge in [-0.3, -0.25) is 4.79 Å². The number of rotatable bonds is 2. The number of carboxylic acids is 1. The minimum atomic E-state index is -0.676. The summed E-state index contributed by atoms with van der Waals surface area (Å²) in [7, 11) is 0. The van der Waals surface area contributed by atoms with Crippen LogP contribution in [0, 0.1) is 18.8 Å². The summed E-state index contributed by atoms with van der Waals surface area (Å²) in [5.41, 5.74) is 4.01. The van der Waals surface area contributed by atoms with Gasteiger partial charge in [-0.05, 0) is 42.4 Å². The largest absolute Gasteiger partial charge is 0.481 e. The number of aliphatic carboxylic acids is 1. The molecule has 0 saturated heterocycles. The van der Waals surface area contributed by atoms with Crippen molar-refractivity contribution in [2.75, 3.05) is 0 Å². The molecule has 0 aliphatic heterocycles. The van der Waals surface area contributed by atoms with Crippen molar-refractivity contribution in [1.82, 2.24) is 0 Å². The first kappa shape index (κ1) is 10.2. The van der Waals surface area contributed by atoms with Crippen LogP contribution in [0.4, 0.5) is 0 Å². The Morgan fingerprint density at radius 2 is 2.20 bits per heavy atom. The summed E-state index contributed by atoms with van der Waals surface area (Å²) in [5, 5.41) is 8.99. The van der Waals surface area contributed by atoms with Crippen molar-refractivity contribution in [1.29, 1.82) is 0 Å². The smallest absolute Gasteiger partial charge is 0.306 e. The van der Waals surface area contributed by atoms with Crippen LogP contribution >= 0.6 is 0 Å². The zero-order chi connectivity index (χ0) is 11.0. The van der Waals surface area contributed by atoms with E-state index in [1.54, 1.807) is 0 Å². The number of hydrogen-bond acceptors (Lipinski definition) is 1. The van der Waals surface area contributed by atoms with Crippen molar-refractivity contribution >= 4 is 5.97 Å². The normalized spacial score (nSPS) is 21.1. The Balaban J connectivity index is 2.23. The van der Waals surface area contributed by atoms with E-state index in [1.165, 1.54) is 16.7 Å². The summed E-state index contributed by atoms with van der Waals surface area (Å²) >= 11 is 0. The molecule has 15 heavy (non-hydrogen) atoms. The van der Waals surface area contributed by atoms with Crippen molar-refractivity contribution in [2.45, 2.75) is 26.7 Å². The molecule has 2 unspecified atom stereocenters. The van der Waals surface area contributed by atoms with Crippen LogP contribution in [0.2, 0.25) is 0 Å². The van der Waals surface area contributed by atoms with Gasteiger partial charge in [-0.1, -0.05) is 25.1 Å². The Bertz CT molecular complexity index is 396. The lowest BCUT2D eigenvalue weighted by Crippen LogP contribution is -2.20. The van der Waals surface area contributed by atoms with E-state index in [-0.39, 0.29) is 11.8 Å². The maximum Gasteiger partial charge on any atom is 0.306 e. The van der Waals surface area contributed by atoms with Crippen LogP contribution in [0.15, 0.2) is 18.2 Å². The molecule has 2 nitrogen and oxygen atoms in total. The van der Waals surface area contributed by atoms with E-state index in [0.29, 0.717) is 0 Å². The average molecular weight is 204 g/mol. The molecular formula is C13H16O2. The third kappa shape index (κ3) is 1.76. The van der Waals surface area contributed by atoms with Gasteiger partial charge in [0, 0.05) is 0 Å². The molecule has 0 radical (unpaired) electrons. The summed E-state index contributed by atoms with van der Waals surface area (Å²) in [6.07, 6.45) is 1.85. The van der Waals surface area contributed by atoms with E-state index in [1.807, 2.05) is 6.92 Å². The molecule has 1 aliphatic rings. The molecule has 1 N–H and O–H groups in total. The second-order valence-electron chi connectivity index (χ2n) is 4.51. The highest BCUT2D eigenvalue weighted by molar-refractivity contribution is 5.70. The van der Waals surface area contributed by atoms with Gasteiger partial charge in [0.2, 0.25) is 0 Å². The Labute approximate surface area is 89.9 Å². The van der Waals surface area contributed by atoms with Crippen molar-refractivity contribution in [2.24, 2.45) is 11.8 Å². The van der Waals surface area contributed by atoms with Crippen LogP contribution in [0.25, 0.3) is 0 Å². The Morgan fingerprint density at radius 1 is 1.47 bits per heavy atom. The molecule has 0 bridgehead atoms. The van der Waals surface area contributed by atoms with E-state index in [0.717, 1.165) is 12.8 Å². The topological polar surface area (TPSA) is 37.3 Å². The van der Waals surface area contributed by atoms with Crippen LogP contribution in [0.1, 0.15) is 23.6 Å². The average Bonchev–Trinajstić information content (AvgIpc) is 2.61. The van der Waals surface area contributed by atoms with Gasteiger partial charge in [0.05, 0.1) is 5.92 Å². The molecule has 2 rings (SSSR count). The molecule has 1 aromatic rings. The van der Waals surface area contributed by atoms with Crippen molar-refractivity contribution in [3.63, 3.8) is 0 Å². The van der Waals surface area contributed by atoms with Crippen molar-refractivity contribution in [3.8, 4) is 0 Å². The minimum absolute atomic E-state index is 0.239. The van der Waals surface area contributed by atoms with E-state index in [4.69, 9.17) is 5.11 Å². The minimum Gasteiger partial charge on any atom is -0.481 e. The summed E-state index contributed by atoms with van der Waals surface area (Å²) in [4.78, 5) is 10.9. The highest BCUT2D eigenvalue weighted by atomic mass is 16.4. The number of carbonyl (C=O) groups is 1. The van der Waals surface area contributed by atoms with Gasteiger partial charge in [0.1, 0.15) is 0 Å². The van der Waals surface area contributed by atoms with E-state index >= 15 is 0 Å². The van der Waals surface area contributed by atoms with E-state index in [9.17, 15) is 4.79 Å². The number of hydrogen-bond donors (Lipinski definition) is 1. The third-order valence-electron chi connectivity index (χ3n) is 3.55. The lowest BCUT2D eigenvalue weighted by Gasteiger charge is -2.13. The summed E-state index contributed by atoms with van der Waals surface area (Å²) in [6, 6.07) is 6.28. The first-order valence-electron chi connectivity index (χ1n) is 5.39. The predicted molar refractivity (Wildman–Crippen MR) is 58.9 cm³/mol. The monoisotopic (exact) mass is 204 g/mol. The van der Waals surface area contributed by atoms with Crippen LogP contribution < -0.4 is 0 Å². The third-order valence-corrected chi connectivity index (χ3v) is 3.55. The van der Waals surface area contributed by atoms with Crippen LogP contribution in [0.3, 0.4) is 0 Å². The Kier molecular flexibility index (Phi) is 2.51. The number of carboxylic acid groups (broad SMARTS) is 1. The second-order valence-corrected chi connectivity index (χ2v) is 4.51. The maximum atomic E-state index is 10.9. The lowest BCUT2D eigenvalue weighted by atomic mass is 9.91. The molecule has 0 heterocycles. The summed E-state index contributed by atoms with van der Waals surface area (Å²) in [5.74, 6) is -0.638. The molecule has 1 aliphatic carbocycles. The standard InChI is InChI=1S/C13H16O2/c1-8-4-3-5-10-6-11(7-12(8)10)9(2)13(14)15/h3-5,9,11H,6-7H2,1-2H3,(H,14,15). The highest BCUT2D eigenvalue weighted by Crippen LogP contribution is 2.33. The van der Waals surface area contributed by atoms with Gasteiger partial charge in [0.25, 0.3) is 0 Å². The molecule has 0 saturated carbocycles. The van der Waals surface area contributed by atoms with Crippen molar-refractivity contribution in [3.05, 3.63) is 34.9 Å². The molecule has 1 aromatic carbocycles. The molecule has 0 spiro atoms. The summed E-state index contributed by atoms with van der Waals surface area (Å²) < 4.78 is 0. The van der Waals surface area contributed by atoms with E-state index in [2.05, 4.69) is 25.1 Å². The maximum absolute atomic E-state index is 10.9. The molecule has 0 amide bonds. The molecule has 2 atom stereocenters. The second kappa shape index (κ2) is 3.69. The zero-order valence-corrected chi connectivity index (χ0v) is 9.16. The van der Waals surface area contributed by atoms with Crippen LogP contribution in [-0.4, -0.2) is 11.1 Å². The van der Waals surface area contributed by atoms with Crippen LogP contribution in [0.5, 0.6) is 0 Å². The molecule has 0 aromatic heterocycles. The van der Waals surface area contributed by atoms with Gasteiger partial charge >= 0.3 is 5.97 Å². The number of fused-ring (bicyclic) bond motifs is 1. The zero-order valence-electron chi connectivity index (χ0n) is 9.16. The Hall–Kier alpha value is -1.31. The quantitative estimate of drug-likeness (QED) is 0.803. The van der Waals surface area contributed by atoms with Gasteiger partial charge in [0.15, 0.2) is 0 Å². The molecule has 80 valence electrons. The Morgan fingerprint density at radius 3 is 2.80 bits per heavy atom. The molecule has 2 heteroatoms. The fourth-order valence-electron chi connectivity index (χ4n) is 2.42. The molecular weight excluding hydrogens is 188 g/mol. The highest BCUT2D eigenvalue weighted by Gasteiger charge is 2.30. The first-order valence-corrected chi connectivity index (χ1v) is 5.39. The fraction of sp³-hybridized carbons (Fsp3) is 0.462. The van der Waals surface area contributed by atoms with Crippen molar-refractivity contribution < 1.29 is 9.90 Å². The lowest BCUT2D eigenvalue weighted by molar-refractivity contribution is -0.142. The predicted octanol–water partition coefficient (Wildman–Crippen LogP) is 2.43. The van der Waals surface area contributed by atoms with Gasteiger partial charge in [-0.25, -0.2) is 0 Å². The van der Waals surface area contributed by atoms with Gasteiger partial charge < -0.3 is 5.11 Å². The number of aryl methyl sites for hydroxylation is 1. The fourth-order valence-corrected chi connectivity index (χ4v) is 2.42.